The number of rotatable bonds is 8. The predicted octanol–water partition coefficient (Wildman–Crippen LogP) is 3.64. The molecule has 3 aromatic rings. The number of ether oxygens (including phenoxy) is 2. The summed E-state index contributed by atoms with van der Waals surface area (Å²) in [4.78, 5) is 16.6. The van der Waals surface area contributed by atoms with Crippen LogP contribution in [-0.2, 0) is 13.1 Å². The highest BCUT2D eigenvalue weighted by molar-refractivity contribution is 5.92. The van der Waals surface area contributed by atoms with Crippen molar-refractivity contribution >= 4 is 11.6 Å². The third-order valence-corrected chi connectivity index (χ3v) is 4.30. The molecule has 0 bridgehead atoms. The molecule has 6 heteroatoms. The fourth-order valence-electron chi connectivity index (χ4n) is 2.79. The van der Waals surface area contributed by atoms with E-state index in [4.69, 9.17) is 9.47 Å². The highest BCUT2D eigenvalue weighted by Gasteiger charge is 2.09. The van der Waals surface area contributed by atoms with Gasteiger partial charge in [0.25, 0.3) is 5.91 Å². The number of anilines is 1. The maximum Gasteiger partial charge on any atom is 0.270 e. The Morgan fingerprint density at radius 2 is 1.46 bits per heavy atom. The molecule has 144 valence electrons. The number of carbonyl (C=O) groups is 1. The van der Waals surface area contributed by atoms with Crippen molar-refractivity contribution < 1.29 is 14.3 Å². The van der Waals surface area contributed by atoms with Crippen LogP contribution < -0.4 is 20.1 Å². The average Bonchev–Trinajstić information content (AvgIpc) is 2.76. The number of pyridine rings is 1. The van der Waals surface area contributed by atoms with Crippen molar-refractivity contribution in [1.82, 2.24) is 10.3 Å². The largest absolute Gasteiger partial charge is 0.496 e. The molecule has 3 rings (SSSR count). The molecular formula is C22H23N3O3. The van der Waals surface area contributed by atoms with Crippen LogP contribution in [0.25, 0.3) is 0 Å². The molecule has 0 aliphatic carbocycles. The van der Waals surface area contributed by atoms with Gasteiger partial charge in [0.1, 0.15) is 17.2 Å². The Labute approximate surface area is 164 Å². The van der Waals surface area contributed by atoms with Crippen LogP contribution in [-0.4, -0.2) is 25.1 Å². The number of methoxy groups -OCH3 is 2. The van der Waals surface area contributed by atoms with E-state index in [2.05, 4.69) is 15.6 Å². The van der Waals surface area contributed by atoms with Crippen LogP contribution in [0.2, 0.25) is 0 Å². The van der Waals surface area contributed by atoms with Gasteiger partial charge in [-0.05, 0) is 24.3 Å². The first-order valence-electron chi connectivity index (χ1n) is 8.93. The van der Waals surface area contributed by atoms with Crippen molar-refractivity contribution in [2.45, 2.75) is 13.1 Å². The van der Waals surface area contributed by atoms with Crippen LogP contribution >= 0.6 is 0 Å². The molecule has 0 atom stereocenters. The molecule has 0 radical (unpaired) electrons. The fraction of sp³-hybridized carbons (Fsp3) is 0.182. The van der Waals surface area contributed by atoms with Crippen LogP contribution in [0.5, 0.6) is 11.5 Å². The number of hydrogen-bond donors (Lipinski definition) is 2. The van der Waals surface area contributed by atoms with E-state index in [0.717, 1.165) is 28.3 Å². The number of hydrogen-bond acceptors (Lipinski definition) is 5. The maximum atomic E-state index is 12.3. The molecule has 1 amide bonds. The number of nitrogens with zero attached hydrogens (tertiary/aromatic N) is 1. The lowest BCUT2D eigenvalue weighted by Crippen LogP contribution is -2.24. The molecule has 0 spiro atoms. The molecule has 0 saturated carbocycles. The minimum Gasteiger partial charge on any atom is -0.496 e. The molecule has 0 aliphatic heterocycles. The first-order chi connectivity index (χ1) is 13.7. The summed E-state index contributed by atoms with van der Waals surface area (Å²) in [6.45, 7) is 0.976. The summed E-state index contributed by atoms with van der Waals surface area (Å²) < 4.78 is 10.6. The number of benzene rings is 2. The summed E-state index contributed by atoms with van der Waals surface area (Å²) in [5.74, 6) is 1.34. The average molecular weight is 377 g/mol. The van der Waals surface area contributed by atoms with Crippen molar-refractivity contribution in [3.05, 3.63) is 83.7 Å². The first kappa shape index (κ1) is 19.2. The van der Waals surface area contributed by atoms with Crippen LogP contribution in [0, 0.1) is 0 Å². The zero-order valence-corrected chi connectivity index (χ0v) is 15.9. The van der Waals surface area contributed by atoms with E-state index in [9.17, 15) is 4.79 Å². The van der Waals surface area contributed by atoms with E-state index in [1.165, 1.54) is 0 Å². The summed E-state index contributed by atoms with van der Waals surface area (Å²) in [6.07, 6.45) is 1.65. The summed E-state index contributed by atoms with van der Waals surface area (Å²) in [7, 11) is 3.26. The standard InChI is InChI=1S/C22H23N3O3/c1-27-20-9-5-3-7-16(20)13-23-18-11-12-19(24-15-18)22(26)25-14-17-8-4-6-10-21(17)28-2/h3-12,15,23H,13-14H2,1-2H3,(H,25,26). The third-order valence-electron chi connectivity index (χ3n) is 4.30. The minimum absolute atomic E-state index is 0.234. The van der Waals surface area contributed by atoms with Crippen molar-refractivity contribution in [2.75, 3.05) is 19.5 Å². The summed E-state index contributed by atoms with van der Waals surface area (Å²) >= 11 is 0. The van der Waals surface area contributed by atoms with E-state index in [0.29, 0.717) is 18.8 Å². The summed E-state index contributed by atoms with van der Waals surface area (Å²) in [6, 6.07) is 18.9. The Hall–Kier alpha value is -3.54. The minimum atomic E-state index is -0.234. The van der Waals surface area contributed by atoms with E-state index in [1.54, 1.807) is 26.5 Å². The zero-order chi connectivity index (χ0) is 19.8. The second-order valence-electron chi connectivity index (χ2n) is 6.09. The van der Waals surface area contributed by atoms with Crippen LogP contribution in [0.4, 0.5) is 5.69 Å². The van der Waals surface area contributed by atoms with Gasteiger partial charge in [-0.3, -0.25) is 4.79 Å². The van der Waals surface area contributed by atoms with E-state index < -0.39 is 0 Å². The number of para-hydroxylation sites is 2. The fourth-order valence-corrected chi connectivity index (χ4v) is 2.79. The molecule has 1 aromatic heterocycles. The van der Waals surface area contributed by atoms with Gasteiger partial charge in [-0.1, -0.05) is 36.4 Å². The first-order valence-corrected chi connectivity index (χ1v) is 8.93. The van der Waals surface area contributed by atoms with E-state index in [1.807, 2.05) is 54.6 Å². The predicted molar refractivity (Wildman–Crippen MR) is 109 cm³/mol. The molecule has 0 unspecified atom stereocenters. The monoisotopic (exact) mass is 377 g/mol. The molecule has 1 heterocycles. The van der Waals surface area contributed by atoms with Gasteiger partial charge in [-0.25, -0.2) is 4.98 Å². The van der Waals surface area contributed by atoms with Crippen LogP contribution in [0.1, 0.15) is 21.6 Å². The topological polar surface area (TPSA) is 72.5 Å². The lowest BCUT2D eigenvalue weighted by Gasteiger charge is -2.11. The normalized spacial score (nSPS) is 10.2. The number of nitrogens with one attached hydrogen (secondary N) is 2. The van der Waals surface area contributed by atoms with Crippen LogP contribution in [0.15, 0.2) is 66.9 Å². The van der Waals surface area contributed by atoms with Crippen molar-refractivity contribution in [3.8, 4) is 11.5 Å². The molecular weight excluding hydrogens is 354 g/mol. The van der Waals surface area contributed by atoms with Crippen molar-refractivity contribution in [3.63, 3.8) is 0 Å². The molecule has 0 fully saturated rings. The Bertz CT molecular complexity index is 926. The Morgan fingerprint density at radius 1 is 0.857 bits per heavy atom. The van der Waals surface area contributed by atoms with Gasteiger partial charge < -0.3 is 20.1 Å². The van der Waals surface area contributed by atoms with Gasteiger partial charge in [0.15, 0.2) is 0 Å². The van der Waals surface area contributed by atoms with E-state index in [-0.39, 0.29) is 5.91 Å². The molecule has 0 aliphatic rings. The van der Waals surface area contributed by atoms with Crippen molar-refractivity contribution in [2.24, 2.45) is 0 Å². The number of carbonyl (C=O) groups excluding carboxylic acids is 1. The van der Waals surface area contributed by atoms with Gasteiger partial charge in [0.2, 0.25) is 0 Å². The highest BCUT2D eigenvalue weighted by atomic mass is 16.5. The molecule has 28 heavy (non-hydrogen) atoms. The van der Waals surface area contributed by atoms with Gasteiger partial charge in [-0.2, -0.15) is 0 Å². The highest BCUT2D eigenvalue weighted by Crippen LogP contribution is 2.19. The molecule has 0 saturated heterocycles. The molecule has 2 N–H and O–H groups in total. The molecule has 2 aromatic carbocycles. The van der Waals surface area contributed by atoms with Gasteiger partial charge in [0.05, 0.1) is 26.1 Å². The lowest BCUT2D eigenvalue weighted by molar-refractivity contribution is 0.0945. The second kappa shape index (κ2) is 9.41. The Kier molecular flexibility index (Phi) is 6.46. The van der Waals surface area contributed by atoms with Gasteiger partial charge >= 0.3 is 0 Å². The Morgan fingerprint density at radius 3 is 2.04 bits per heavy atom. The second-order valence-corrected chi connectivity index (χ2v) is 6.09. The SMILES string of the molecule is COc1ccccc1CNC(=O)c1ccc(NCc2ccccc2OC)cn1. The van der Waals surface area contributed by atoms with Gasteiger partial charge in [-0.15, -0.1) is 0 Å². The van der Waals surface area contributed by atoms with Crippen LogP contribution in [0.3, 0.4) is 0 Å². The van der Waals surface area contributed by atoms with E-state index >= 15 is 0 Å². The van der Waals surface area contributed by atoms with Gasteiger partial charge in [0, 0.05) is 24.2 Å². The smallest absolute Gasteiger partial charge is 0.270 e. The zero-order valence-electron chi connectivity index (χ0n) is 15.9. The van der Waals surface area contributed by atoms with Crippen molar-refractivity contribution in [1.29, 1.82) is 0 Å². The third kappa shape index (κ3) is 4.79. The number of aromatic nitrogens is 1. The summed E-state index contributed by atoms with van der Waals surface area (Å²) in [5.41, 5.74) is 3.14. The quantitative estimate of drug-likeness (QED) is 0.627. The summed E-state index contributed by atoms with van der Waals surface area (Å²) in [5, 5.41) is 6.15. The maximum absolute atomic E-state index is 12.3. The Balaban J connectivity index is 1.57. The number of amides is 1. The lowest BCUT2D eigenvalue weighted by atomic mass is 10.2. The molecule has 6 nitrogen and oxygen atoms in total.